The van der Waals surface area contributed by atoms with Crippen LogP contribution in [0.5, 0.6) is 0 Å². The van der Waals surface area contributed by atoms with E-state index in [1.807, 2.05) is 44.2 Å². The van der Waals surface area contributed by atoms with E-state index in [9.17, 15) is 28.8 Å². The molecule has 3 N–H and O–H groups in total. The van der Waals surface area contributed by atoms with E-state index in [1.54, 1.807) is 11.9 Å². The molecule has 5 rings (SSSR count). The molecule has 18 heteroatoms. The molecule has 0 aliphatic carbocycles. The molecule has 268 valence electrons. The lowest BCUT2D eigenvalue weighted by Gasteiger charge is -2.34. The quantitative estimate of drug-likeness (QED) is 0.327. The van der Waals surface area contributed by atoms with Crippen molar-refractivity contribution in [1.29, 1.82) is 0 Å². The van der Waals surface area contributed by atoms with Crippen LogP contribution in [0.3, 0.4) is 0 Å². The Kier molecular flexibility index (Phi) is 11.8. The average Bonchev–Trinajstić information content (AvgIpc) is 3.73. The molecular weight excluding hydrogens is 651 g/mol. The van der Waals surface area contributed by atoms with Crippen LogP contribution in [0.4, 0.5) is 0 Å². The number of hydrogen-bond acceptors (Lipinski definition) is 13. The molecule has 2 fully saturated rings. The molecular formula is C32H43BN8O9. The van der Waals surface area contributed by atoms with E-state index in [1.165, 1.54) is 16.8 Å². The Morgan fingerprint density at radius 2 is 1.54 bits per heavy atom. The van der Waals surface area contributed by atoms with Gasteiger partial charge in [0.2, 0.25) is 35.4 Å². The summed E-state index contributed by atoms with van der Waals surface area (Å²) >= 11 is 0. The van der Waals surface area contributed by atoms with Crippen molar-refractivity contribution in [2.45, 2.75) is 63.6 Å². The average molecular weight is 695 g/mol. The first-order valence-electron chi connectivity index (χ1n) is 16.7. The van der Waals surface area contributed by atoms with Gasteiger partial charge in [0.25, 0.3) is 0 Å². The van der Waals surface area contributed by atoms with Gasteiger partial charge in [-0.15, -0.1) is 10.2 Å². The van der Waals surface area contributed by atoms with Crippen LogP contribution in [-0.4, -0.2) is 126 Å². The van der Waals surface area contributed by atoms with E-state index in [4.69, 9.17) is 13.7 Å². The molecule has 0 saturated carbocycles. The van der Waals surface area contributed by atoms with Gasteiger partial charge < -0.3 is 34.6 Å². The summed E-state index contributed by atoms with van der Waals surface area (Å²) in [4.78, 5) is 83.7. The number of benzene rings is 1. The predicted octanol–water partition coefficient (Wildman–Crippen LogP) is -0.847. The van der Waals surface area contributed by atoms with Crippen molar-refractivity contribution >= 4 is 42.7 Å². The Morgan fingerprint density at radius 1 is 0.880 bits per heavy atom. The second kappa shape index (κ2) is 16.2. The van der Waals surface area contributed by atoms with Crippen LogP contribution in [0.1, 0.15) is 62.4 Å². The lowest BCUT2D eigenvalue weighted by Crippen LogP contribution is -2.55. The largest absolute Gasteiger partial charge is 0.627 e. The van der Waals surface area contributed by atoms with Crippen molar-refractivity contribution in [3.8, 4) is 0 Å². The van der Waals surface area contributed by atoms with Gasteiger partial charge in [-0.1, -0.05) is 44.2 Å². The van der Waals surface area contributed by atoms with E-state index in [-0.39, 0.29) is 43.8 Å². The molecule has 2 saturated heterocycles. The van der Waals surface area contributed by atoms with Crippen molar-refractivity contribution in [2.24, 2.45) is 5.92 Å². The molecule has 17 nitrogen and oxygen atoms in total. The molecule has 50 heavy (non-hydrogen) atoms. The summed E-state index contributed by atoms with van der Waals surface area (Å²) in [7, 11) is 1.49. The number of hydrogen-bond donors (Lipinski definition) is 3. The van der Waals surface area contributed by atoms with Crippen LogP contribution in [-0.2, 0) is 44.5 Å². The molecule has 4 heterocycles. The van der Waals surface area contributed by atoms with Crippen LogP contribution < -0.4 is 16.0 Å². The van der Waals surface area contributed by atoms with Gasteiger partial charge in [0.15, 0.2) is 5.94 Å². The van der Waals surface area contributed by atoms with Gasteiger partial charge in [-0.25, -0.2) is 0 Å². The summed E-state index contributed by atoms with van der Waals surface area (Å²) in [5.74, 6) is -4.72. The second-order valence-corrected chi connectivity index (χ2v) is 13.3. The van der Waals surface area contributed by atoms with Crippen molar-refractivity contribution < 1.29 is 42.5 Å². The Bertz CT molecular complexity index is 1550. The third kappa shape index (κ3) is 9.23. The van der Waals surface area contributed by atoms with E-state index < -0.39 is 73.3 Å². The molecule has 3 aliphatic rings. The van der Waals surface area contributed by atoms with Gasteiger partial charge in [-0.05, 0) is 44.3 Å². The monoisotopic (exact) mass is 694 g/mol. The number of carbonyl (C=O) groups excluding carboxylic acids is 6. The summed E-state index contributed by atoms with van der Waals surface area (Å²) in [6.45, 7) is 2.95. The van der Waals surface area contributed by atoms with Crippen molar-refractivity contribution in [2.75, 3.05) is 46.8 Å². The summed E-state index contributed by atoms with van der Waals surface area (Å²) in [6.07, 6.45) is 1.43. The smallest absolute Gasteiger partial charge is 0.497 e. The molecule has 1 aromatic heterocycles. The zero-order valence-corrected chi connectivity index (χ0v) is 28.6. The highest BCUT2D eigenvalue weighted by Gasteiger charge is 2.52. The van der Waals surface area contributed by atoms with E-state index >= 15 is 0 Å². The summed E-state index contributed by atoms with van der Waals surface area (Å²) in [5, 5.41) is 16.7. The van der Waals surface area contributed by atoms with Crippen LogP contribution >= 0.6 is 0 Å². The van der Waals surface area contributed by atoms with Crippen molar-refractivity contribution in [3.05, 3.63) is 47.7 Å². The first-order valence-corrected chi connectivity index (χ1v) is 16.7. The molecule has 0 radical (unpaired) electrons. The minimum Gasteiger partial charge on any atom is -0.497 e. The number of nitrogens with zero attached hydrogens (tertiary/aromatic N) is 5. The van der Waals surface area contributed by atoms with Gasteiger partial charge in [0, 0.05) is 13.5 Å². The standard InChI is InChI=1S/C32H43BN8O9/c1-19(2)13-21-29(46)34-15-24(42)36-22(14-20-9-6-5-7-10-20)30-37-38-31(48-30)28(33-49-26(44)17-39(3)18-27(45)50-33)41-12-8-11-23(41)32(47)40(4)16-25(43)35-21/h5-7,9-10,19,21-23,28H,8,11-18H2,1-4H3,(H,34,46)(H,35,43)(H,36,42)/t21-,22-,23-,28?/m0/s1. The number of likely N-dealkylation sites (N-methyl/N-ethyl adjacent to an activating group) is 2. The minimum absolute atomic E-state index is 0.00187. The fourth-order valence-electron chi connectivity index (χ4n) is 6.37. The maximum absolute atomic E-state index is 14.0. The second-order valence-electron chi connectivity index (χ2n) is 13.3. The lowest BCUT2D eigenvalue weighted by molar-refractivity contribution is -0.146. The van der Waals surface area contributed by atoms with Gasteiger partial charge in [0.05, 0.1) is 32.2 Å². The Balaban J connectivity index is 1.56. The number of amides is 4. The highest BCUT2D eigenvalue weighted by Crippen LogP contribution is 2.34. The Morgan fingerprint density at radius 3 is 2.22 bits per heavy atom. The fourth-order valence-corrected chi connectivity index (χ4v) is 6.37. The third-order valence-electron chi connectivity index (χ3n) is 8.65. The number of fused-ring (bicyclic) bond motifs is 3. The summed E-state index contributed by atoms with van der Waals surface area (Å²) in [6, 6.07) is 6.58. The molecule has 2 bridgehead atoms. The summed E-state index contributed by atoms with van der Waals surface area (Å²) < 4.78 is 17.5. The maximum Gasteiger partial charge on any atom is 0.627 e. The van der Waals surface area contributed by atoms with Crippen LogP contribution in [0, 0.1) is 5.92 Å². The molecule has 0 spiro atoms. The number of nitrogens with one attached hydrogen (secondary N) is 3. The highest BCUT2D eigenvalue weighted by molar-refractivity contribution is 6.50. The maximum atomic E-state index is 14.0. The predicted molar refractivity (Wildman–Crippen MR) is 175 cm³/mol. The molecule has 1 unspecified atom stereocenters. The zero-order chi connectivity index (χ0) is 35.9. The molecule has 4 atom stereocenters. The molecule has 1 aromatic carbocycles. The van der Waals surface area contributed by atoms with Gasteiger partial charge in [-0.3, -0.25) is 38.6 Å². The van der Waals surface area contributed by atoms with E-state index in [0.29, 0.717) is 25.8 Å². The fraction of sp³-hybridized carbons (Fsp3) is 0.562. The van der Waals surface area contributed by atoms with Crippen molar-refractivity contribution in [3.63, 3.8) is 0 Å². The minimum atomic E-state index is -1.56. The zero-order valence-electron chi connectivity index (χ0n) is 28.6. The Labute approximate surface area is 289 Å². The van der Waals surface area contributed by atoms with Gasteiger partial charge >= 0.3 is 19.1 Å². The third-order valence-corrected chi connectivity index (χ3v) is 8.65. The van der Waals surface area contributed by atoms with E-state index in [2.05, 4.69) is 26.1 Å². The number of rotatable bonds is 5. The lowest BCUT2D eigenvalue weighted by atomic mass is 9.75. The Hall–Kier alpha value is -4.84. The van der Waals surface area contributed by atoms with Gasteiger partial charge in [-0.2, -0.15) is 0 Å². The van der Waals surface area contributed by atoms with Crippen LogP contribution in [0.15, 0.2) is 34.7 Å². The first-order chi connectivity index (χ1) is 23.9. The van der Waals surface area contributed by atoms with Gasteiger partial charge in [0.1, 0.15) is 12.1 Å². The molecule has 4 amide bonds. The molecule has 3 aliphatic heterocycles. The molecule has 2 aromatic rings. The van der Waals surface area contributed by atoms with Crippen LogP contribution in [0.25, 0.3) is 0 Å². The summed E-state index contributed by atoms with van der Waals surface area (Å²) in [5.41, 5.74) is 0.834. The SMILES string of the molecule is CC(C)C[C@@H]1NC(=O)CN(C)C(=O)[C@@H]2CCCN2C(B2OC(=O)CN(C)CC(=O)O2)c2nnc(o2)[C@H](Cc2ccccc2)NC(=O)CNC1=O. The highest BCUT2D eigenvalue weighted by atomic mass is 16.6. The normalized spacial score (nSPS) is 25.4. The van der Waals surface area contributed by atoms with Crippen molar-refractivity contribution in [1.82, 2.24) is 40.8 Å². The topological polar surface area (TPSA) is 206 Å². The van der Waals surface area contributed by atoms with Crippen LogP contribution in [0.2, 0.25) is 0 Å². The first kappa shape index (κ1) is 36.4. The number of aromatic nitrogens is 2. The van der Waals surface area contributed by atoms with E-state index in [0.717, 1.165) is 5.56 Å². The number of carbonyl (C=O) groups is 6.